The first kappa shape index (κ1) is 16.1. The summed E-state index contributed by atoms with van der Waals surface area (Å²) in [7, 11) is 1.82. The van der Waals surface area contributed by atoms with Crippen molar-refractivity contribution >= 4 is 33.4 Å². The summed E-state index contributed by atoms with van der Waals surface area (Å²) in [6.45, 7) is 3.98. The molecule has 1 amide bonds. The van der Waals surface area contributed by atoms with E-state index in [0.29, 0.717) is 10.6 Å². The van der Waals surface area contributed by atoms with E-state index in [2.05, 4.69) is 15.9 Å². The Morgan fingerprint density at radius 3 is 2.38 bits per heavy atom. The Labute approximate surface area is 138 Å². The number of benzene rings is 2. The minimum atomic E-state index is -0.0151. The molecule has 0 spiro atoms. The molecule has 0 bridgehead atoms. The second-order valence-corrected chi connectivity index (χ2v) is 6.40. The molecule has 0 aliphatic rings. The predicted molar refractivity (Wildman–Crippen MR) is 90.8 cm³/mol. The Balaban J connectivity index is 2.21. The molecule has 110 valence electrons. The first-order valence-electron chi connectivity index (χ1n) is 6.69. The third-order valence-corrected chi connectivity index (χ3v) is 4.80. The van der Waals surface area contributed by atoms with E-state index in [1.807, 2.05) is 63.4 Å². The van der Waals surface area contributed by atoms with Gasteiger partial charge in [0.1, 0.15) is 0 Å². The number of nitrogens with zero attached hydrogens (tertiary/aromatic N) is 1. The van der Waals surface area contributed by atoms with E-state index in [1.54, 1.807) is 4.90 Å². The number of hydrogen-bond donors (Lipinski definition) is 0. The molecule has 0 saturated carbocycles. The van der Waals surface area contributed by atoms with E-state index < -0.39 is 0 Å². The van der Waals surface area contributed by atoms with Gasteiger partial charge in [-0.1, -0.05) is 39.7 Å². The van der Waals surface area contributed by atoms with Crippen molar-refractivity contribution in [2.45, 2.75) is 19.9 Å². The highest BCUT2D eigenvalue weighted by atomic mass is 79.9. The van der Waals surface area contributed by atoms with Crippen LogP contribution < -0.4 is 0 Å². The van der Waals surface area contributed by atoms with Crippen LogP contribution in [0.5, 0.6) is 0 Å². The molecule has 0 aromatic heterocycles. The molecular weight excluding hydrogens is 350 g/mol. The minimum absolute atomic E-state index is 0.00745. The van der Waals surface area contributed by atoms with Crippen LogP contribution in [0.4, 0.5) is 0 Å². The van der Waals surface area contributed by atoms with Crippen LogP contribution in [-0.4, -0.2) is 17.9 Å². The van der Waals surface area contributed by atoms with E-state index >= 15 is 0 Å². The summed E-state index contributed by atoms with van der Waals surface area (Å²) >= 11 is 9.35. The van der Waals surface area contributed by atoms with Crippen molar-refractivity contribution in [1.82, 2.24) is 4.90 Å². The van der Waals surface area contributed by atoms with Crippen molar-refractivity contribution in [1.29, 1.82) is 0 Å². The molecule has 21 heavy (non-hydrogen) atoms. The maximum absolute atomic E-state index is 12.6. The molecule has 1 atom stereocenters. The van der Waals surface area contributed by atoms with Gasteiger partial charge in [-0.05, 0) is 55.3 Å². The molecule has 0 aliphatic carbocycles. The van der Waals surface area contributed by atoms with E-state index in [1.165, 1.54) is 0 Å². The monoisotopic (exact) mass is 365 g/mol. The molecule has 0 aliphatic heterocycles. The Morgan fingerprint density at radius 2 is 1.81 bits per heavy atom. The lowest BCUT2D eigenvalue weighted by Gasteiger charge is -2.25. The third-order valence-electron chi connectivity index (χ3n) is 3.66. The first-order chi connectivity index (χ1) is 9.90. The normalized spacial score (nSPS) is 12.0. The van der Waals surface area contributed by atoms with E-state index in [-0.39, 0.29) is 11.9 Å². The van der Waals surface area contributed by atoms with E-state index in [0.717, 1.165) is 15.6 Å². The second kappa shape index (κ2) is 6.63. The molecular formula is C17H17BrClNO. The SMILES string of the molecule is Cc1cc(C(=O)N(C)C(C)c2ccc(Cl)cc2)ccc1Br. The van der Waals surface area contributed by atoms with Gasteiger partial charge in [0.05, 0.1) is 6.04 Å². The Hall–Kier alpha value is -1.32. The summed E-state index contributed by atoms with van der Waals surface area (Å²) in [6, 6.07) is 13.2. The van der Waals surface area contributed by atoms with Gasteiger partial charge in [-0.25, -0.2) is 0 Å². The van der Waals surface area contributed by atoms with Crippen LogP contribution in [-0.2, 0) is 0 Å². The fourth-order valence-electron chi connectivity index (χ4n) is 2.12. The fourth-order valence-corrected chi connectivity index (χ4v) is 2.49. The lowest BCUT2D eigenvalue weighted by atomic mass is 10.1. The van der Waals surface area contributed by atoms with Gasteiger partial charge in [-0.15, -0.1) is 0 Å². The average Bonchev–Trinajstić information content (AvgIpc) is 2.48. The quantitative estimate of drug-likeness (QED) is 0.727. The first-order valence-corrected chi connectivity index (χ1v) is 7.86. The summed E-state index contributed by atoms with van der Waals surface area (Å²) in [5.41, 5.74) is 2.80. The minimum Gasteiger partial charge on any atom is -0.335 e. The summed E-state index contributed by atoms with van der Waals surface area (Å²) in [5.74, 6) is 0.00745. The van der Waals surface area contributed by atoms with E-state index in [4.69, 9.17) is 11.6 Å². The highest BCUT2D eigenvalue weighted by molar-refractivity contribution is 9.10. The van der Waals surface area contributed by atoms with Crippen molar-refractivity contribution in [2.75, 3.05) is 7.05 Å². The lowest BCUT2D eigenvalue weighted by molar-refractivity contribution is 0.0742. The maximum Gasteiger partial charge on any atom is 0.254 e. The van der Waals surface area contributed by atoms with Crippen molar-refractivity contribution < 1.29 is 4.79 Å². The summed E-state index contributed by atoms with van der Waals surface area (Å²) in [6.07, 6.45) is 0. The molecule has 1 unspecified atom stereocenters. The van der Waals surface area contributed by atoms with Crippen molar-refractivity contribution in [3.8, 4) is 0 Å². The molecule has 2 aromatic rings. The zero-order chi connectivity index (χ0) is 15.6. The Bertz CT molecular complexity index is 654. The summed E-state index contributed by atoms with van der Waals surface area (Å²) in [5, 5.41) is 0.698. The number of rotatable bonds is 3. The van der Waals surface area contributed by atoms with Crippen LogP contribution in [0.2, 0.25) is 5.02 Å². The smallest absolute Gasteiger partial charge is 0.254 e. The van der Waals surface area contributed by atoms with Gasteiger partial charge < -0.3 is 4.90 Å². The van der Waals surface area contributed by atoms with Crippen LogP contribution >= 0.6 is 27.5 Å². The number of aryl methyl sites for hydroxylation is 1. The number of amides is 1. The second-order valence-electron chi connectivity index (χ2n) is 5.11. The third kappa shape index (κ3) is 3.66. The lowest BCUT2D eigenvalue weighted by Crippen LogP contribution is -2.29. The molecule has 0 heterocycles. The fraction of sp³-hybridized carbons (Fsp3) is 0.235. The zero-order valence-corrected chi connectivity index (χ0v) is 14.6. The van der Waals surface area contributed by atoms with Crippen molar-refractivity contribution in [3.05, 3.63) is 68.7 Å². The van der Waals surface area contributed by atoms with Gasteiger partial charge in [0.25, 0.3) is 5.91 Å². The van der Waals surface area contributed by atoms with Gasteiger partial charge in [0, 0.05) is 22.1 Å². The van der Waals surface area contributed by atoms with Crippen molar-refractivity contribution in [3.63, 3.8) is 0 Å². The molecule has 2 rings (SSSR count). The maximum atomic E-state index is 12.6. The Kier molecular flexibility index (Phi) is 5.07. The van der Waals surface area contributed by atoms with Gasteiger partial charge in [0.2, 0.25) is 0 Å². The Morgan fingerprint density at radius 1 is 1.19 bits per heavy atom. The van der Waals surface area contributed by atoms with Crippen LogP contribution in [0.3, 0.4) is 0 Å². The van der Waals surface area contributed by atoms with Gasteiger partial charge >= 0.3 is 0 Å². The molecule has 0 saturated heterocycles. The summed E-state index contributed by atoms with van der Waals surface area (Å²) in [4.78, 5) is 14.3. The molecule has 2 aromatic carbocycles. The van der Waals surface area contributed by atoms with Crippen LogP contribution in [0.1, 0.15) is 34.5 Å². The number of carbonyl (C=O) groups excluding carboxylic acids is 1. The number of halogens is 2. The van der Waals surface area contributed by atoms with Crippen LogP contribution in [0.15, 0.2) is 46.9 Å². The van der Waals surface area contributed by atoms with E-state index in [9.17, 15) is 4.79 Å². The predicted octanol–water partition coefficient (Wildman–Crippen LogP) is 5.24. The van der Waals surface area contributed by atoms with Gasteiger partial charge in [-0.3, -0.25) is 4.79 Å². The average molecular weight is 367 g/mol. The number of carbonyl (C=O) groups is 1. The molecule has 0 fully saturated rings. The molecule has 2 nitrogen and oxygen atoms in total. The van der Waals surface area contributed by atoms with Crippen molar-refractivity contribution in [2.24, 2.45) is 0 Å². The van der Waals surface area contributed by atoms with Gasteiger partial charge in [-0.2, -0.15) is 0 Å². The molecule has 4 heteroatoms. The highest BCUT2D eigenvalue weighted by Gasteiger charge is 2.19. The van der Waals surface area contributed by atoms with Gasteiger partial charge in [0.15, 0.2) is 0 Å². The standard InChI is InChI=1S/C17H17BrClNO/c1-11-10-14(6-9-16(11)18)17(21)20(3)12(2)13-4-7-15(19)8-5-13/h4-10,12H,1-3H3. The molecule has 0 radical (unpaired) electrons. The number of hydrogen-bond acceptors (Lipinski definition) is 1. The highest BCUT2D eigenvalue weighted by Crippen LogP contribution is 2.24. The largest absolute Gasteiger partial charge is 0.335 e. The van der Waals surface area contributed by atoms with Crippen LogP contribution in [0.25, 0.3) is 0 Å². The summed E-state index contributed by atoms with van der Waals surface area (Å²) < 4.78 is 1.01. The molecule has 0 N–H and O–H groups in total. The topological polar surface area (TPSA) is 20.3 Å². The zero-order valence-electron chi connectivity index (χ0n) is 12.2. The van der Waals surface area contributed by atoms with Crippen LogP contribution in [0, 0.1) is 6.92 Å².